The lowest BCUT2D eigenvalue weighted by Crippen LogP contribution is -2.57. The second-order valence-corrected chi connectivity index (χ2v) is 8.10. The third kappa shape index (κ3) is 2.52. The number of rotatable bonds is 4. The van der Waals surface area contributed by atoms with Crippen LogP contribution in [-0.2, 0) is 21.4 Å². The predicted octanol–water partition coefficient (Wildman–Crippen LogP) is 0.955. The number of aryl methyl sites for hydroxylation is 1. The molecule has 0 radical (unpaired) electrons. The Hall–Kier alpha value is -1.57. The summed E-state index contributed by atoms with van der Waals surface area (Å²) in [6, 6.07) is 0. The minimum Gasteiger partial charge on any atom is -0.469 e. The van der Waals surface area contributed by atoms with Gasteiger partial charge in [-0.1, -0.05) is 25.6 Å². The summed E-state index contributed by atoms with van der Waals surface area (Å²) in [6.07, 6.45) is 2.38. The SMILES string of the molecule is COC(=O)[C@@]12CN(C(=O)CSc3nncn3C)C[C@@H]1C(C)(C)C2. The Morgan fingerprint density at radius 1 is 1.48 bits per heavy atom. The van der Waals surface area contributed by atoms with E-state index >= 15 is 0 Å². The topological polar surface area (TPSA) is 77.3 Å². The molecule has 1 saturated heterocycles. The van der Waals surface area contributed by atoms with E-state index in [2.05, 4.69) is 24.0 Å². The zero-order valence-electron chi connectivity index (χ0n) is 13.9. The molecule has 2 fully saturated rings. The van der Waals surface area contributed by atoms with E-state index < -0.39 is 5.41 Å². The number of fused-ring (bicyclic) bond motifs is 1. The Bertz CT molecular complexity index is 644. The summed E-state index contributed by atoms with van der Waals surface area (Å²) < 4.78 is 6.79. The molecular weight excluding hydrogens is 316 g/mol. The molecule has 1 aromatic rings. The van der Waals surface area contributed by atoms with Crippen molar-refractivity contribution in [2.24, 2.45) is 23.8 Å². The molecule has 1 aliphatic heterocycles. The molecular formula is C15H22N4O3S. The fourth-order valence-electron chi connectivity index (χ4n) is 4.18. The minimum absolute atomic E-state index is 0.0338. The van der Waals surface area contributed by atoms with Gasteiger partial charge in [-0.15, -0.1) is 10.2 Å². The van der Waals surface area contributed by atoms with Crippen molar-refractivity contribution in [2.45, 2.75) is 25.4 Å². The van der Waals surface area contributed by atoms with Crippen LogP contribution in [0.5, 0.6) is 0 Å². The van der Waals surface area contributed by atoms with Gasteiger partial charge in [0.15, 0.2) is 5.16 Å². The van der Waals surface area contributed by atoms with Crippen LogP contribution in [0, 0.1) is 16.7 Å². The predicted molar refractivity (Wildman–Crippen MR) is 84.6 cm³/mol. The first kappa shape index (κ1) is 16.3. The molecule has 1 saturated carbocycles. The van der Waals surface area contributed by atoms with Crippen LogP contribution in [0.25, 0.3) is 0 Å². The average molecular weight is 338 g/mol. The molecule has 0 unspecified atom stereocenters. The number of ether oxygens (including phenoxy) is 1. The lowest BCUT2D eigenvalue weighted by Gasteiger charge is -2.54. The second-order valence-electron chi connectivity index (χ2n) is 7.15. The van der Waals surface area contributed by atoms with Crippen molar-refractivity contribution in [1.82, 2.24) is 19.7 Å². The van der Waals surface area contributed by atoms with E-state index in [1.807, 2.05) is 7.05 Å². The molecule has 0 aromatic carbocycles. The van der Waals surface area contributed by atoms with Gasteiger partial charge in [-0.3, -0.25) is 9.59 Å². The van der Waals surface area contributed by atoms with E-state index in [-0.39, 0.29) is 23.2 Å². The van der Waals surface area contributed by atoms with Crippen molar-refractivity contribution in [3.63, 3.8) is 0 Å². The lowest BCUT2D eigenvalue weighted by molar-refractivity contribution is -0.174. The van der Waals surface area contributed by atoms with Crippen molar-refractivity contribution >= 4 is 23.6 Å². The standard InChI is InChI=1S/C15H22N4O3S/c1-14(2)7-15(12(21)22-4)8-19(5-10(14)15)11(20)6-23-13-17-16-9-18(13)3/h9-10H,5-8H2,1-4H3/t10-,15+/m1/s1. The Balaban J connectivity index is 1.67. The van der Waals surface area contributed by atoms with Gasteiger partial charge in [-0.25, -0.2) is 0 Å². The third-order valence-electron chi connectivity index (χ3n) is 5.20. The summed E-state index contributed by atoms with van der Waals surface area (Å²) in [7, 11) is 3.27. The van der Waals surface area contributed by atoms with Gasteiger partial charge in [0.2, 0.25) is 5.91 Å². The van der Waals surface area contributed by atoms with Crippen LogP contribution in [0.4, 0.5) is 0 Å². The lowest BCUT2D eigenvalue weighted by atomic mass is 9.48. The summed E-state index contributed by atoms with van der Waals surface area (Å²) >= 11 is 1.37. The number of methoxy groups -OCH3 is 1. The largest absolute Gasteiger partial charge is 0.469 e. The smallest absolute Gasteiger partial charge is 0.314 e. The number of hydrogen-bond acceptors (Lipinski definition) is 6. The third-order valence-corrected chi connectivity index (χ3v) is 6.22. The summed E-state index contributed by atoms with van der Waals surface area (Å²) in [5, 5.41) is 8.48. The number of carbonyl (C=O) groups excluding carboxylic acids is 2. The monoisotopic (exact) mass is 338 g/mol. The molecule has 2 heterocycles. The summed E-state index contributed by atoms with van der Waals surface area (Å²) in [4.78, 5) is 26.6. The highest BCUT2D eigenvalue weighted by Crippen LogP contribution is 2.63. The van der Waals surface area contributed by atoms with Gasteiger partial charge in [0.25, 0.3) is 0 Å². The fraction of sp³-hybridized carbons (Fsp3) is 0.733. The highest BCUT2D eigenvalue weighted by atomic mass is 32.2. The number of thioether (sulfide) groups is 1. The van der Waals surface area contributed by atoms with Crippen molar-refractivity contribution in [2.75, 3.05) is 26.0 Å². The maximum absolute atomic E-state index is 12.5. The van der Waals surface area contributed by atoms with E-state index in [1.165, 1.54) is 18.9 Å². The Morgan fingerprint density at radius 2 is 2.22 bits per heavy atom. The molecule has 1 aliphatic carbocycles. The summed E-state index contributed by atoms with van der Waals surface area (Å²) in [5.74, 6) is 0.326. The van der Waals surface area contributed by atoms with Gasteiger partial charge in [-0.05, 0) is 17.8 Å². The van der Waals surface area contributed by atoms with Crippen molar-refractivity contribution in [1.29, 1.82) is 0 Å². The van der Waals surface area contributed by atoms with Crippen LogP contribution in [0.2, 0.25) is 0 Å². The van der Waals surface area contributed by atoms with Crippen LogP contribution in [0.3, 0.4) is 0 Å². The second kappa shape index (κ2) is 5.51. The molecule has 126 valence electrons. The van der Waals surface area contributed by atoms with Crippen LogP contribution in [-0.4, -0.2) is 57.5 Å². The molecule has 8 heteroatoms. The summed E-state index contributed by atoms with van der Waals surface area (Å²) in [5.41, 5.74) is -0.441. The van der Waals surface area contributed by atoms with Gasteiger partial charge in [-0.2, -0.15) is 0 Å². The number of likely N-dealkylation sites (tertiary alicyclic amines) is 1. The Morgan fingerprint density at radius 3 is 2.78 bits per heavy atom. The number of amides is 1. The molecule has 1 aromatic heterocycles. The van der Waals surface area contributed by atoms with Crippen LogP contribution >= 0.6 is 11.8 Å². The van der Waals surface area contributed by atoms with Crippen molar-refractivity contribution in [3.8, 4) is 0 Å². The van der Waals surface area contributed by atoms with E-state index in [0.29, 0.717) is 24.0 Å². The van der Waals surface area contributed by atoms with Gasteiger partial charge in [0.05, 0.1) is 18.3 Å². The number of esters is 1. The number of nitrogens with zero attached hydrogens (tertiary/aromatic N) is 4. The zero-order valence-corrected chi connectivity index (χ0v) is 14.7. The van der Waals surface area contributed by atoms with Gasteiger partial charge in [0.1, 0.15) is 6.33 Å². The van der Waals surface area contributed by atoms with E-state index in [0.717, 1.165) is 6.42 Å². The van der Waals surface area contributed by atoms with E-state index in [4.69, 9.17) is 4.74 Å². The van der Waals surface area contributed by atoms with E-state index in [1.54, 1.807) is 15.8 Å². The molecule has 1 amide bonds. The van der Waals surface area contributed by atoms with Crippen molar-refractivity contribution in [3.05, 3.63) is 6.33 Å². The number of aromatic nitrogens is 3. The molecule has 0 spiro atoms. The molecule has 2 aliphatic rings. The van der Waals surface area contributed by atoms with Crippen LogP contribution < -0.4 is 0 Å². The first-order valence-electron chi connectivity index (χ1n) is 7.63. The normalized spacial score (nSPS) is 28.2. The van der Waals surface area contributed by atoms with E-state index in [9.17, 15) is 9.59 Å². The summed E-state index contributed by atoms with van der Waals surface area (Å²) in [6.45, 7) is 5.40. The Labute approximate surface area is 139 Å². The highest BCUT2D eigenvalue weighted by Gasteiger charge is 2.67. The van der Waals surface area contributed by atoms with Gasteiger partial charge in [0, 0.05) is 20.1 Å². The van der Waals surface area contributed by atoms with Gasteiger partial charge >= 0.3 is 5.97 Å². The quantitative estimate of drug-likeness (QED) is 0.601. The van der Waals surface area contributed by atoms with Gasteiger partial charge < -0.3 is 14.2 Å². The maximum Gasteiger partial charge on any atom is 0.314 e. The molecule has 23 heavy (non-hydrogen) atoms. The first-order valence-corrected chi connectivity index (χ1v) is 8.62. The fourth-order valence-corrected chi connectivity index (χ4v) is 4.97. The Kier molecular flexibility index (Phi) is 3.90. The average Bonchev–Trinajstić information content (AvgIpc) is 3.06. The van der Waals surface area contributed by atoms with Crippen LogP contribution in [0.1, 0.15) is 20.3 Å². The van der Waals surface area contributed by atoms with Crippen molar-refractivity contribution < 1.29 is 14.3 Å². The molecule has 0 bridgehead atoms. The molecule has 7 nitrogen and oxygen atoms in total. The molecule has 2 atom stereocenters. The first-order chi connectivity index (χ1) is 10.8. The minimum atomic E-state index is -0.511. The number of carbonyl (C=O) groups is 2. The molecule has 3 rings (SSSR count). The number of hydrogen-bond donors (Lipinski definition) is 0. The zero-order chi connectivity index (χ0) is 16.8. The van der Waals surface area contributed by atoms with Crippen LogP contribution in [0.15, 0.2) is 11.5 Å². The molecule has 0 N–H and O–H groups in total. The highest BCUT2D eigenvalue weighted by molar-refractivity contribution is 7.99. The maximum atomic E-state index is 12.5.